The number of anilines is 1. The van der Waals surface area contributed by atoms with Crippen LogP contribution in [-0.4, -0.2) is 22.3 Å². The SMILES string of the molecule is CC1(C)Oc2cc(OC(F)F)ccc2-c2c1c(C(=O)NNc1ccc(F)cc1F)nn2-c1ccc(Cl)cc1Cl. The number of hydrogen-bond donors (Lipinski definition) is 2. The number of nitrogens with zero attached hydrogens (tertiary/aromatic N) is 2. The molecule has 13 heteroatoms. The first-order valence-electron chi connectivity index (χ1n) is 11.3. The number of nitrogens with one attached hydrogen (secondary N) is 2. The lowest BCUT2D eigenvalue weighted by molar-refractivity contribution is -0.0500. The van der Waals surface area contributed by atoms with Gasteiger partial charge in [0.1, 0.15) is 22.9 Å². The van der Waals surface area contributed by atoms with Crippen molar-refractivity contribution in [3.05, 3.63) is 87.5 Å². The maximum Gasteiger partial charge on any atom is 0.387 e. The highest BCUT2D eigenvalue weighted by molar-refractivity contribution is 6.35. The molecule has 2 heterocycles. The topological polar surface area (TPSA) is 77.4 Å². The van der Waals surface area contributed by atoms with E-state index in [4.69, 9.17) is 27.9 Å². The number of halogens is 6. The van der Waals surface area contributed by atoms with E-state index in [1.165, 1.54) is 28.9 Å². The van der Waals surface area contributed by atoms with Crippen LogP contribution in [0.3, 0.4) is 0 Å². The average molecular weight is 581 g/mol. The van der Waals surface area contributed by atoms with Crippen LogP contribution in [0.25, 0.3) is 16.9 Å². The molecule has 202 valence electrons. The highest BCUT2D eigenvalue weighted by Crippen LogP contribution is 2.49. The largest absolute Gasteiger partial charge is 0.482 e. The van der Waals surface area contributed by atoms with Crippen molar-refractivity contribution >= 4 is 34.8 Å². The van der Waals surface area contributed by atoms with E-state index in [0.717, 1.165) is 12.1 Å². The first kappa shape index (κ1) is 26.6. The van der Waals surface area contributed by atoms with Crippen molar-refractivity contribution in [2.45, 2.75) is 26.1 Å². The van der Waals surface area contributed by atoms with E-state index < -0.39 is 29.8 Å². The van der Waals surface area contributed by atoms with Crippen LogP contribution in [0.5, 0.6) is 11.5 Å². The van der Waals surface area contributed by atoms with E-state index in [9.17, 15) is 22.4 Å². The van der Waals surface area contributed by atoms with Gasteiger partial charge >= 0.3 is 6.61 Å². The van der Waals surface area contributed by atoms with Crippen LogP contribution >= 0.6 is 23.2 Å². The number of carbonyl (C=O) groups excluding carboxylic acids is 1. The number of amides is 1. The molecule has 1 aromatic heterocycles. The van der Waals surface area contributed by atoms with Gasteiger partial charge in [0.2, 0.25) is 0 Å². The van der Waals surface area contributed by atoms with Gasteiger partial charge in [-0.2, -0.15) is 13.9 Å². The molecule has 0 bridgehead atoms. The smallest absolute Gasteiger partial charge is 0.387 e. The third-order valence-corrected chi connectivity index (χ3v) is 6.42. The number of alkyl halides is 2. The van der Waals surface area contributed by atoms with Gasteiger partial charge in [-0.1, -0.05) is 23.2 Å². The molecule has 4 aromatic rings. The molecule has 0 radical (unpaired) electrons. The number of hydrogen-bond acceptors (Lipinski definition) is 5. The zero-order valence-corrected chi connectivity index (χ0v) is 21.7. The van der Waals surface area contributed by atoms with Crippen LogP contribution in [0.1, 0.15) is 29.9 Å². The summed E-state index contributed by atoms with van der Waals surface area (Å²) in [4.78, 5) is 13.4. The Morgan fingerprint density at radius 2 is 1.85 bits per heavy atom. The molecule has 0 spiro atoms. The molecule has 0 saturated heterocycles. The summed E-state index contributed by atoms with van der Waals surface area (Å²) < 4.78 is 65.1. The van der Waals surface area contributed by atoms with Crippen molar-refractivity contribution in [2.75, 3.05) is 5.43 Å². The maximum absolute atomic E-state index is 14.1. The Labute approximate surface area is 229 Å². The van der Waals surface area contributed by atoms with Gasteiger partial charge in [0.15, 0.2) is 11.5 Å². The standard InChI is InChI=1S/C26H18Cl2F4N4O3/c1-26(2)21-22(24(37)34-33-18-7-4-13(29)10-17(18)30)35-36(19-8-3-12(27)9-16(19)28)23(21)15-6-5-14(38-25(31)32)11-20(15)39-26/h3-11,25,33H,1-2H3,(H,34,37). The van der Waals surface area contributed by atoms with E-state index in [1.54, 1.807) is 26.0 Å². The minimum atomic E-state index is -3.04. The van der Waals surface area contributed by atoms with Crippen molar-refractivity contribution in [3.63, 3.8) is 0 Å². The fourth-order valence-electron chi connectivity index (χ4n) is 4.28. The Morgan fingerprint density at radius 3 is 2.54 bits per heavy atom. The zero-order chi connectivity index (χ0) is 28.1. The third kappa shape index (κ3) is 5.07. The first-order chi connectivity index (χ1) is 18.4. The Morgan fingerprint density at radius 1 is 1.08 bits per heavy atom. The molecule has 3 aromatic carbocycles. The second-order valence-corrected chi connectivity index (χ2v) is 9.78. The summed E-state index contributed by atoms with van der Waals surface area (Å²) in [5, 5.41) is 5.10. The van der Waals surface area contributed by atoms with Crippen molar-refractivity contribution in [3.8, 4) is 28.4 Å². The summed E-state index contributed by atoms with van der Waals surface area (Å²) >= 11 is 12.6. The van der Waals surface area contributed by atoms with E-state index in [1.807, 2.05) is 0 Å². The fourth-order valence-corrected chi connectivity index (χ4v) is 4.77. The number of ether oxygens (including phenoxy) is 2. The zero-order valence-electron chi connectivity index (χ0n) is 20.2. The normalized spacial score (nSPS) is 13.4. The molecule has 0 fully saturated rings. The highest BCUT2D eigenvalue weighted by atomic mass is 35.5. The molecule has 39 heavy (non-hydrogen) atoms. The van der Waals surface area contributed by atoms with Gasteiger partial charge in [-0.3, -0.25) is 15.6 Å². The molecule has 1 aliphatic rings. The fraction of sp³-hybridized carbons (Fsp3) is 0.154. The number of carbonyl (C=O) groups is 1. The number of rotatable bonds is 6. The van der Waals surface area contributed by atoms with Crippen molar-refractivity contribution < 1.29 is 31.8 Å². The number of hydrazine groups is 1. The second kappa shape index (κ2) is 9.97. The van der Waals surface area contributed by atoms with Crippen LogP contribution in [-0.2, 0) is 5.60 Å². The summed E-state index contributed by atoms with van der Waals surface area (Å²) in [5.41, 5.74) is 4.82. The Balaban J connectivity index is 1.65. The minimum absolute atomic E-state index is 0.102. The van der Waals surface area contributed by atoms with Crippen molar-refractivity contribution in [1.29, 1.82) is 0 Å². The lowest BCUT2D eigenvalue weighted by atomic mass is 9.88. The number of fused-ring (bicyclic) bond motifs is 3. The highest BCUT2D eigenvalue weighted by Gasteiger charge is 2.41. The molecule has 5 rings (SSSR count). The maximum atomic E-state index is 14.1. The predicted octanol–water partition coefficient (Wildman–Crippen LogP) is 7.11. The Bertz CT molecular complexity index is 1610. The van der Waals surface area contributed by atoms with Gasteiger partial charge in [0.05, 0.1) is 27.7 Å². The predicted molar refractivity (Wildman–Crippen MR) is 137 cm³/mol. The molecule has 0 aliphatic carbocycles. The van der Waals surface area contributed by atoms with Crippen LogP contribution in [0, 0.1) is 11.6 Å². The van der Waals surface area contributed by atoms with Gasteiger partial charge in [-0.25, -0.2) is 13.5 Å². The molecule has 7 nitrogen and oxygen atoms in total. The Hall–Kier alpha value is -3.96. The molecular weight excluding hydrogens is 563 g/mol. The average Bonchev–Trinajstić information content (AvgIpc) is 3.24. The molecule has 1 aliphatic heterocycles. The molecule has 2 N–H and O–H groups in total. The second-order valence-electron chi connectivity index (χ2n) is 8.93. The summed E-state index contributed by atoms with van der Waals surface area (Å²) in [6.45, 7) is 0.283. The lowest BCUT2D eigenvalue weighted by Crippen LogP contribution is -2.35. The molecule has 1 amide bonds. The van der Waals surface area contributed by atoms with Gasteiger partial charge in [0, 0.05) is 22.7 Å². The van der Waals surface area contributed by atoms with E-state index in [-0.39, 0.29) is 27.9 Å². The van der Waals surface area contributed by atoms with Gasteiger partial charge in [-0.15, -0.1) is 0 Å². The number of benzene rings is 3. The Kier molecular flexibility index (Phi) is 6.81. The minimum Gasteiger partial charge on any atom is -0.482 e. The van der Waals surface area contributed by atoms with E-state index in [2.05, 4.69) is 20.7 Å². The summed E-state index contributed by atoms with van der Waals surface area (Å²) in [7, 11) is 0. The van der Waals surface area contributed by atoms with E-state index in [0.29, 0.717) is 33.6 Å². The molecule has 0 atom stereocenters. The van der Waals surface area contributed by atoms with Gasteiger partial charge in [-0.05, 0) is 56.3 Å². The summed E-state index contributed by atoms with van der Waals surface area (Å²) in [6.07, 6.45) is 0. The number of aromatic nitrogens is 2. The molecular formula is C26H18Cl2F4N4O3. The van der Waals surface area contributed by atoms with Crippen LogP contribution < -0.4 is 20.3 Å². The van der Waals surface area contributed by atoms with Crippen LogP contribution in [0.15, 0.2) is 54.6 Å². The van der Waals surface area contributed by atoms with Crippen molar-refractivity contribution in [1.82, 2.24) is 15.2 Å². The summed E-state index contributed by atoms with van der Waals surface area (Å²) in [5.74, 6) is -2.39. The van der Waals surface area contributed by atoms with Gasteiger partial charge in [0.25, 0.3) is 5.91 Å². The van der Waals surface area contributed by atoms with Gasteiger partial charge < -0.3 is 9.47 Å². The lowest BCUT2D eigenvalue weighted by Gasteiger charge is -2.33. The quantitative estimate of drug-likeness (QED) is 0.188. The van der Waals surface area contributed by atoms with Crippen LogP contribution in [0.4, 0.5) is 23.2 Å². The van der Waals surface area contributed by atoms with E-state index >= 15 is 0 Å². The monoisotopic (exact) mass is 580 g/mol. The third-order valence-electron chi connectivity index (χ3n) is 5.88. The molecule has 0 unspecified atom stereocenters. The summed E-state index contributed by atoms with van der Waals surface area (Å²) in [6, 6.07) is 11.6. The van der Waals surface area contributed by atoms with Crippen LogP contribution in [0.2, 0.25) is 10.0 Å². The molecule has 0 saturated carbocycles. The van der Waals surface area contributed by atoms with Crippen molar-refractivity contribution in [2.24, 2.45) is 0 Å². The first-order valence-corrected chi connectivity index (χ1v) is 12.1.